The molecule has 0 N–H and O–H groups in total. The van der Waals surface area contributed by atoms with E-state index in [9.17, 15) is 9.18 Å². The van der Waals surface area contributed by atoms with Gasteiger partial charge in [0.15, 0.2) is 0 Å². The Hall–Kier alpha value is -1.63. The van der Waals surface area contributed by atoms with Crippen molar-refractivity contribution in [3.8, 4) is 5.75 Å². The molecule has 1 amide bonds. The molecule has 0 radical (unpaired) electrons. The minimum Gasteiger partial charge on any atom is -0.494 e. The van der Waals surface area contributed by atoms with E-state index in [1.807, 2.05) is 36.1 Å². The van der Waals surface area contributed by atoms with Crippen molar-refractivity contribution in [1.29, 1.82) is 0 Å². The van der Waals surface area contributed by atoms with Crippen LogP contribution in [0.1, 0.15) is 23.7 Å². The van der Waals surface area contributed by atoms with Crippen LogP contribution < -0.4 is 4.74 Å². The Labute approximate surface area is 149 Å². The number of hydrogen-bond donors (Lipinski definition) is 0. The van der Waals surface area contributed by atoms with Gasteiger partial charge in [-0.25, -0.2) is 4.39 Å². The third-order valence-corrected chi connectivity index (χ3v) is 4.37. The van der Waals surface area contributed by atoms with Gasteiger partial charge in [0.2, 0.25) is 0 Å². The summed E-state index contributed by atoms with van der Waals surface area (Å²) in [5.74, 6) is 0.398. The molecule has 0 aliphatic heterocycles. The van der Waals surface area contributed by atoms with Crippen LogP contribution >= 0.6 is 22.6 Å². The topological polar surface area (TPSA) is 29.5 Å². The largest absolute Gasteiger partial charge is 0.494 e. The second-order valence-electron chi connectivity index (χ2n) is 5.02. The fourth-order valence-corrected chi connectivity index (χ4v) is 2.80. The van der Waals surface area contributed by atoms with Gasteiger partial charge in [0, 0.05) is 16.7 Å². The lowest BCUT2D eigenvalue weighted by atomic mass is 10.2. The van der Waals surface area contributed by atoms with Crippen molar-refractivity contribution in [2.75, 3.05) is 19.7 Å². The van der Waals surface area contributed by atoms with E-state index in [1.165, 1.54) is 12.1 Å². The Morgan fingerprint density at radius 3 is 2.52 bits per heavy atom. The van der Waals surface area contributed by atoms with E-state index in [-0.39, 0.29) is 11.7 Å². The Bertz CT molecular complexity index is 646. The first kappa shape index (κ1) is 17.7. The number of carbonyl (C=O) groups excluding carboxylic acids is 1. The van der Waals surface area contributed by atoms with Gasteiger partial charge in [-0.15, -0.1) is 0 Å². The predicted octanol–water partition coefficient (Wildman–Crippen LogP) is 4.36. The van der Waals surface area contributed by atoms with Crippen LogP contribution in [0.25, 0.3) is 0 Å². The van der Waals surface area contributed by atoms with Gasteiger partial charge in [-0.05, 0) is 72.3 Å². The molecule has 0 saturated carbocycles. The molecule has 0 aliphatic carbocycles. The van der Waals surface area contributed by atoms with Gasteiger partial charge in [-0.2, -0.15) is 0 Å². The monoisotopic (exact) mass is 427 g/mol. The van der Waals surface area contributed by atoms with Crippen molar-refractivity contribution in [3.63, 3.8) is 0 Å². The molecule has 23 heavy (non-hydrogen) atoms. The first-order valence-electron chi connectivity index (χ1n) is 7.54. The number of halogens is 2. The quantitative estimate of drug-likeness (QED) is 0.486. The number of nitrogens with zero attached hydrogens (tertiary/aromatic N) is 1. The average Bonchev–Trinajstić information content (AvgIpc) is 2.56. The van der Waals surface area contributed by atoms with Crippen molar-refractivity contribution in [2.24, 2.45) is 0 Å². The summed E-state index contributed by atoms with van der Waals surface area (Å²) in [4.78, 5) is 14.3. The van der Waals surface area contributed by atoms with Crippen LogP contribution in [0.5, 0.6) is 5.75 Å². The first-order valence-corrected chi connectivity index (χ1v) is 8.62. The minimum absolute atomic E-state index is 0.0410. The molecule has 2 aromatic carbocycles. The standard InChI is InChI=1S/C18H19FINO2/c1-2-21(18(22)16-6-3-4-7-17(16)20)12-5-13-23-15-10-8-14(19)9-11-15/h3-4,6-11H,2,5,12-13H2,1H3. The van der Waals surface area contributed by atoms with Crippen LogP contribution in [0.15, 0.2) is 48.5 Å². The Morgan fingerprint density at radius 2 is 1.87 bits per heavy atom. The van der Waals surface area contributed by atoms with Gasteiger partial charge >= 0.3 is 0 Å². The first-order chi connectivity index (χ1) is 11.1. The van der Waals surface area contributed by atoms with Gasteiger partial charge in [0.1, 0.15) is 11.6 Å². The maximum absolute atomic E-state index is 12.8. The summed E-state index contributed by atoms with van der Waals surface area (Å²) in [6.07, 6.45) is 0.723. The summed E-state index contributed by atoms with van der Waals surface area (Å²) in [5.41, 5.74) is 0.731. The van der Waals surface area contributed by atoms with Crippen molar-refractivity contribution in [3.05, 3.63) is 63.5 Å². The summed E-state index contributed by atoms with van der Waals surface area (Å²) in [5, 5.41) is 0. The van der Waals surface area contributed by atoms with Crippen LogP contribution in [0.4, 0.5) is 4.39 Å². The van der Waals surface area contributed by atoms with E-state index < -0.39 is 0 Å². The molecular formula is C18H19FINO2. The number of ether oxygens (including phenoxy) is 1. The normalized spacial score (nSPS) is 10.4. The SMILES string of the molecule is CCN(CCCOc1ccc(F)cc1)C(=O)c1ccccc1I. The molecule has 5 heteroatoms. The highest BCUT2D eigenvalue weighted by atomic mass is 127. The number of carbonyl (C=O) groups is 1. The Morgan fingerprint density at radius 1 is 1.17 bits per heavy atom. The minimum atomic E-state index is -0.280. The number of hydrogen-bond acceptors (Lipinski definition) is 2. The molecule has 0 aliphatic rings. The molecule has 0 heterocycles. The number of benzene rings is 2. The van der Waals surface area contributed by atoms with Crippen LogP contribution in [0, 0.1) is 9.39 Å². The summed E-state index contributed by atoms with van der Waals surface area (Å²) in [7, 11) is 0. The molecule has 3 nitrogen and oxygen atoms in total. The van der Waals surface area contributed by atoms with E-state index in [2.05, 4.69) is 22.6 Å². The van der Waals surface area contributed by atoms with Gasteiger partial charge in [-0.1, -0.05) is 12.1 Å². The van der Waals surface area contributed by atoms with Crippen molar-refractivity contribution in [2.45, 2.75) is 13.3 Å². The fourth-order valence-electron chi connectivity index (χ4n) is 2.18. The molecule has 122 valence electrons. The van der Waals surface area contributed by atoms with E-state index in [0.717, 1.165) is 15.6 Å². The molecule has 0 unspecified atom stereocenters. The summed E-state index contributed by atoms with van der Waals surface area (Å²) < 4.78 is 19.3. The van der Waals surface area contributed by atoms with E-state index in [0.29, 0.717) is 25.4 Å². The average molecular weight is 427 g/mol. The smallest absolute Gasteiger partial charge is 0.254 e. The molecule has 0 atom stereocenters. The number of amides is 1. The molecule has 2 aromatic rings. The van der Waals surface area contributed by atoms with Crippen molar-refractivity contribution < 1.29 is 13.9 Å². The van der Waals surface area contributed by atoms with E-state index >= 15 is 0 Å². The zero-order valence-corrected chi connectivity index (χ0v) is 15.1. The predicted molar refractivity (Wildman–Crippen MR) is 97.2 cm³/mol. The molecule has 0 bridgehead atoms. The second kappa shape index (κ2) is 8.86. The van der Waals surface area contributed by atoms with Gasteiger partial charge in [0.05, 0.1) is 12.2 Å². The summed E-state index contributed by atoms with van der Waals surface area (Å²) in [6.45, 7) is 3.73. The van der Waals surface area contributed by atoms with E-state index in [4.69, 9.17) is 4.74 Å². The number of rotatable bonds is 7. The highest BCUT2D eigenvalue weighted by Crippen LogP contribution is 2.15. The lowest BCUT2D eigenvalue weighted by molar-refractivity contribution is 0.0755. The van der Waals surface area contributed by atoms with Crippen LogP contribution in [-0.2, 0) is 0 Å². The molecule has 0 fully saturated rings. The van der Waals surface area contributed by atoms with Gasteiger partial charge in [0.25, 0.3) is 5.91 Å². The Balaban J connectivity index is 1.84. The van der Waals surface area contributed by atoms with Gasteiger partial charge in [-0.3, -0.25) is 4.79 Å². The highest BCUT2D eigenvalue weighted by molar-refractivity contribution is 14.1. The van der Waals surface area contributed by atoms with Gasteiger partial charge < -0.3 is 9.64 Å². The third kappa shape index (κ3) is 5.20. The summed E-state index contributed by atoms with van der Waals surface area (Å²) >= 11 is 2.18. The maximum Gasteiger partial charge on any atom is 0.254 e. The zero-order chi connectivity index (χ0) is 16.7. The molecule has 0 saturated heterocycles. The molecule has 2 rings (SSSR count). The third-order valence-electron chi connectivity index (χ3n) is 3.43. The molecule has 0 spiro atoms. The van der Waals surface area contributed by atoms with Crippen molar-refractivity contribution in [1.82, 2.24) is 4.90 Å². The molecule has 0 aromatic heterocycles. The Kier molecular flexibility index (Phi) is 6.83. The highest BCUT2D eigenvalue weighted by Gasteiger charge is 2.16. The fraction of sp³-hybridized carbons (Fsp3) is 0.278. The lowest BCUT2D eigenvalue weighted by Crippen LogP contribution is -2.33. The molecular weight excluding hydrogens is 408 g/mol. The van der Waals surface area contributed by atoms with E-state index in [1.54, 1.807) is 12.1 Å². The zero-order valence-electron chi connectivity index (χ0n) is 13.0. The van der Waals surface area contributed by atoms with Crippen LogP contribution in [-0.4, -0.2) is 30.5 Å². The summed E-state index contributed by atoms with van der Waals surface area (Å²) in [6, 6.07) is 13.5. The second-order valence-corrected chi connectivity index (χ2v) is 6.18. The lowest BCUT2D eigenvalue weighted by Gasteiger charge is -2.21. The van der Waals surface area contributed by atoms with Crippen LogP contribution in [0.3, 0.4) is 0 Å². The van der Waals surface area contributed by atoms with Crippen molar-refractivity contribution >= 4 is 28.5 Å². The van der Waals surface area contributed by atoms with Crippen LogP contribution in [0.2, 0.25) is 0 Å². The maximum atomic E-state index is 12.8.